The fraction of sp³-hybridized carbons (Fsp3) is 0.880. The van der Waals surface area contributed by atoms with Crippen molar-refractivity contribution in [3.63, 3.8) is 0 Å². The lowest BCUT2D eigenvalue weighted by atomic mass is 9.70. The van der Waals surface area contributed by atoms with E-state index in [4.69, 9.17) is 0 Å². The maximum absolute atomic E-state index is 13.3. The van der Waals surface area contributed by atoms with Crippen LogP contribution in [0.4, 0.5) is 0 Å². The number of hydrogen-bond acceptors (Lipinski definition) is 4. The van der Waals surface area contributed by atoms with Crippen molar-refractivity contribution in [2.24, 2.45) is 5.41 Å². The van der Waals surface area contributed by atoms with E-state index in [1.54, 1.807) is 19.6 Å². The quantitative estimate of drug-likeness (QED) is 0.176. The lowest BCUT2D eigenvalue weighted by molar-refractivity contribution is -0.146. The number of imide groups is 1. The largest absolute Gasteiger partial charge is 0.311 e. The van der Waals surface area contributed by atoms with E-state index in [9.17, 15) is 14.4 Å². The molecule has 2 unspecified atom stereocenters. The maximum Gasteiger partial charge on any atom is 0.243 e. The SMILES string of the molecule is BC(=O)C(C)(C)CC(C)(C)N1C(=O)CC(SC(CCCCC)CCCCCCC)C1=O. The second kappa shape index (κ2) is 13.1. The molecule has 0 bridgehead atoms. The van der Waals surface area contributed by atoms with Crippen molar-refractivity contribution in [2.45, 2.75) is 135 Å². The Hall–Kier alpha value is -0.775. The van der Waals surface area contributed by atoms with Gasteiger partial charge in [0.05, 0.1) is 10.9 Å². The molecule has 1 heterocycles. The zero-order valence-corrected chi connectivity index (χ0v) is 22.0. The van der Waals surface area contributed by atoms with Crippen LogP contribution in [0, 0.1) is 5.41 Å². The van der Waals surface area contributed by atoms with Crippen molar-refractivity contribution >= 4 is 37.1 Å². The fourth-order valence-corrected chi connectivity index (χ4v) is 6.27. The van der Waals surface area contributed by atoms with Crippen LogP contribution in [0.5, 0.6) is 0 Å². The van der Waals surface area contributed by atoms with Gasteiger partial charge in [0.15, 0.2) is 7.85 Å². The van der Waals surface area contributed by atoms with Crippen LogP contribution in [0.25, 0.3) is 0 Å². The van der Waals surface area contributed by atoms with Gasteiger partial charge in [0, 0.05) is 22.6 Å². The Morgan fingerprint density at radius 3 is 2.06 bits per heavy atom. The first-order chi connectivity index (χ1) is 14.5. The molecule has 2 atom stereocenters. The third kappa shape index (κ3) is 8.94. The summed E-state index contributed by atoms with van der Waals surface area (Å²) in [6.45, 7) is 12.1. The summed E-state index contributed by atoms with van der Waals surface area (Å²) in [6, 6.07) is 0. The van der Waals surface area contributed by atoms with Crippen LogP contribution in [0.3, 0.4) is 0 Å². The van der Waals surface area contributed by atoms with Gasteiger partial charge < -0.3 is 4.79 Å². The van der Waals surface area contributed by atoms with E-state index in [1.807, 2.05) is 27.7 Å². The Labute approximate surface area is 196 Å². The van der Waals surface area contributed by atoms with Gasteiger partial charge in [-0.05, 0) is 33.1 Å². The van der Waals surface area contributed by atoms with Crippen LogP contribution >= 0.6 is 11.8 Å². The van der Waals surface area contributed by atoms with Gasteiger partial charge in [-0.15, -0.1) is 11.8 Å². The van der Waals surface area contributed by atoms with Gasteiger partial charge in [0.25, 0.3) is 0 Å². The number of thioether (sulfide) groups is 1. The number of hydrogen-bond donors (Lipinski definition) is 0. The molecule has 178 valence electrons. The molecular weight excluding hydrogens is 405 g/mol. The van der Waals surface area contributed by atoms with Crippen molar-refractivity contribution in [1.29, 1.82) is 0 Å². The molecule has 0 aromatic carbocycles. The standard InChI is InChI=1S/C25H46BNO3S/c1-7-9-11-12-14-16-19(15-13-10-8-2)31-20-17-21(28)27(22(20)29)25(5,6)18-24(3,4)23(26)30/h19-20H,7-18,26H2,1-6H3. The average molecular weight is 452 g/mol. The Balaban J connectivity index is 2.80. The lowest BCUT2D eigenvalue weighted by Gasteiger charge is -2.39. The molecule has 1 aliphatic heterocycles. The van der Waals surface area contributed by atoms with E-state index in [0.717, 1.165) is 12.8 Å². The molecule has 1 rings (SSSR count). The molecule has 0 aliphatic carbocycles. The van der Waals surface area contributed by atoms with Gasteiger partial charge in [0.2, 0.25) is 11.8 Å². The number of amides is 2. The predicted molar refractivity (Wildman–Crippen MR) is 135 cm³/mol. The van der Waals surface area contributed by atoms with Crippen molar-refractivity contribution in [1.82, 2.24) is 4.90 Å². The summed E-state index contributed by atoms with van der Waals surface area (Å²) in [5.41, 5.74) is -1.13. The zero-order valence-electron chi connectivity index (χ0n) is 21.2. The fourth-order valence-electron chi connectivity index (χ4n) is 4.74. The van der Waals surface area contributed by atoms with E-state index < -0.39 is 11.0 Å². The molecule has 0 aromatic rings. The number of nitrogens with zero attached hydrogens (tertiary/aromatic N) is 1. The van der Waals surface area contributed by atoms with Crippen LogP contribution in [-0.2, 0) is 14.4 Å². The van der Waals surface area contributed by atoms with Crippen molar-refractivity contribution < 1.29 is 14.4 Å². The van der Waals surface area contributed by atoms with Crippen molar-refractivity contribution in [2.75, 3.05) is 0 Å². The molecule has 2 amide bonds. The highest BCUT2D eigenvalue weighted by Crippen LogP contribution is 2.39. The summed E-state index contributed by atoms with van der Waals surface area (Å²) in [6.07, 6.45) is 13.0. The molecule has 1 saturated heterocycles. The van der Waals surface area contributed by atoms with Crippen LogP contribution in [0.1, 0.15) is 119 Å². The highest BCUT2D eigenvalue weighted by Gasteiger charge is 2.48. The van der Waals surface area contributed by atoms with E-state index in [2.05, 4.69) is 13.8 Å². The topological polar surface area (TPSA) is 54.5 Å². The molecule has 4 nitrogen and oxygen atoms in total. The summed E-state index contributed by atoms with van der Waals surface area (Å²) < 4.78 is 0. The number of unbranched alkanes of at least 4 members (excludes halogenated alkanes) is 6. The molecule has 1 aliphatic rings. The average Bonchev–Trinajstić information content (AvgIpc) is 2.94. The van der Waals surface area contributed by atoms with Gasteiger partial charge in [-0.3, -0.25) is 14.5 Å². The highest BCUT2D eigenvalue weighted by molar-refractivity contribution is 8.01. The van der Waals surface area contributed by atoms with Gasteiger partial charge in [-0.1, -0.05) is 79.1 Å². The van der Waals surface area contributed by atoms with Gasteiger partial charge >= 0.3 is 0 Å². The Kier molecular flexibility index (Phi) is 11.9. The second-order valence-corrected chi connectivity index (χ2v) is 12.2. The van der Waals surface area contributed by atoms with Crippen LogP contribution in [-0.4, -0.2) is 46.3 Å². The Morgan fingerprint density at radius 2 is 1.52 bits per heavy atom. The maximum atomic E-state index is 13.3. The third-order valence-corrected chi connectivity index (χ3v) is 8.21. The van der Waals surface area contributed by atoms with Crippen molar-refractivity contribution in [3.05, 3.63) is 0 Å². The third-order valence-electron chi connectivity index (χ3n) is 6.65. The molecule has 0 aromatic heterocycles. The van der Waals surface area contributed by atoms with E-state index in [1.165, 1.54) is 56.3 Å². The summed E-state index contributed by atoms with van der Waals surface area (Å²) in [7, 11) is 1.59. The smallest absolute Gasteiger partial charge is 0.243 e. The number of rotatable bonds is 16. The number of likely N-dealkylation sites (tertiary alicyclic amines) is 1. The van der Waals surface area contributed by atoms with Gasteiger partial charge in [0.1, 0.15) is 0 Å². The van der Waals surface area contributed by atoms with Gasteiger partial charge in [-0.25, -0.2) is 0 Å². The first kappa shape index (κ1) is 28.3. The normalized spacial score (nSPS) is 18.6. The Bertz CT molecular complexity index is 606. The minimum Gasteiger partial charge on any atom is -0.311 e. The summed E-state index contributed by atoms with van der Waals surface area (Å²) in [5.74, 6) is -0.132. The van der Waals surface area contributed by atoms with Crippen LogP contribution in [0.15, 0.2) is 0 Å². The molecule has 31 heavy (non-hydrogen) atoms. The van der Waals surface area contributed by atoms with E-state index in [0.29, 0.717) is 18.1 Å². The molecule has 0 N–H and O–H groups in total. The molecule has 0 saturated carbocycles. The second-order valence-electron chi connectivity index (χ2n) is 10.6. The molecule has 0 radical (unpaired) electrons. The van der Waals surface area contributed by atoms with Gasteiger partial charge in [-0.2, -0.15) is 0 Å². The summed E-state index contributed by atoms with van der Waals surface area (Å²) >= 11 is 1.74. The minimum absolute atomic E-state index is 0.0502. The monoisotopic (exact) mass is 451 g/mol. The first-order valence-corrected chi connectivity index (χ1v) is 13.4. The molecule has 1 fully saturated rings. The molecular formula is C25H46BNO3S. The lowest BCUT2D eigenvalue weighted by Crippen LogP contribution is -2.51. The van der Waals surface area contributed by atoms with Crippen molar-refractivity contribution in [3.8, 4) is 0 Å². The van der Waals surface area contributed by atoms with E-state index >= 15 is 0 Å². The minimum atomic E-state index is -0.656. The van der Waals surface area contributed by atoms with Crippen LogP contribution in [0.2, 0.25) is 0 Å². The predicted octanol–water partition coefficient (Wildman–Crippen LogP) is 5.51. The van der Waals surface area contributed by atoms with Crippen LogP contribution < -0.4 is 0 Å². The van der Waals surface area contributed by atoms with E-state index in [-0.39, 0.29) is 22.7 Å². The number of carbonyl (C=O) groups excluding carboxylic acids is 3. The molecule has 6 heteroatoms. The number of carbonyl (C=O) groups is 3. The molecule has 0 spiro atoms. The Morgan fingerprint density at radius 1 is 1.00 bits per heavy atom. The first-order valence-electron chi connectivity index (χ1n) is 12.5. The zero-order chi connectivity index (χ0) is 23.7. The highest BCUT2D eigenvalue weighted by atomic mass is 32.2. The summed E-state index contributed by atoms with van der Waals surface area (Å²) in [5, 5.41) is 0.182. The summed E-state index contributed by atoms with van der Waals surface area (Å²) in [4.78, 5) is 39.7.